The van der Waals surface area contributed by atoms with E-state index in [1.165, 1.54) is 42.3 Å². The third kappa shape index (κ3) is 5.28. The van der Waals surface area contributed by atoms with Gasteiger partial charge in [-0.3, -0.25) is 24.6 Å². The molecule has 0 radical (unpaired) electrons. The molecule has 0 saturated carbocycles. The van der Waals surface area contributed by atoms with Gasteiger partial charge in [-0.15, -0.1) is 0 Å². The Morgan fingerprint density at radius 1 is 1.06 bits per heavy atom. The molecule has 182 valence electrons. The van der Waals surface area contributed by atoms with Crippen molar-refractivity contribution in [3.05, 3.63) is 104 Å². The molecule has 1 aliphatic heterocycles. The number of aryl methyl sites for hydroxylation is 1. The van der Waals surface area contributed by atoms with Gasteiger partial charge in [0, 0.05) is 12.1 Å². The zero-order valence-electron chi connectivity index (χ0n) is 19.3. The maximum absolute atomic E-state index is 12.9. The van der Waals surface area contributed by atoms with Crippen molar-refractivity contribution in [3.8, 4) is 11.5 Å². The number of benzene rings is 3. The summed E-state index contributed by atoms with van der Waals surface area (Å²) in [5.41, 5.74) is 2.44. The van der Waals surface area contributed by atoms with Crippen molar-refractivity contribution in [1.29, 1.82) is 0 Å². The number of carbonyl (C=O) groups excluding carboxylic acids is 3. The monoisotopic (exact) mass is 504 g/mol. The van der Waals surface area contributed by atoms with E-state index in [4.69, 9.17) is 9.47 Å². The molecule has 1 aliphatic rings. The summed E-state index contributed by atoms with van der Waals surface area (Å²) in [6, 6.07) is 17.3. The van der Waals surface area contributed by atoms with Gasteiger partial charge in [0.25, 0.3) is 16.8 Å². The first-order valence-electron chi connectivity index (χ1n) is 10.7. The summed E-state index contributed by atoms with van der Waals surface area (Å²) in [6.45, 7) is 2.11. The number of carbonyl (C=O) groups is 3. The van der Waals surface area contributed by atoms with Crippen LogP contribution in [0.2, 0.25) is 0 Å². The lowest BCUT2D eigenvalue weighted by Crippen LogP contribution is -2.27. The first-order valence-corrected chi connectivity index (χ1v) is 11.5. The summed E-state index contributed by atoms with van der Waals surface area (Å²) in [4.78, 5) is 49.6. The molecule has 3 aromatic rings. The number of esters is 1. The van der Waals surface area contributed by atoms with E-state index in [1.54, 1.807) is 18.2 Å². The van der Waals surface area contributed by atoms with Crippen LogP contribution in [0, 0.1) is 17.0 Å². The minimum absolute atomic E-state index is 0.130. The van der Waals surface area contributed by atoms with Crippen LogP contribution in [0.3, 0.4) is 0 Å². The highest BCUT2D eigenvalue weighted by atomic mass is 32.2. The summed E-state index contributed by atoms with van der Waals surface area (Å²) in [6.07, 6.45) is 1.58. The zero-order valence-corrected chi connectivity index (χ0v) is 20.1. The van der Waals surface area contributed by atoms with Crippen molar-refractivity contribution in [2.75, 3.05) is 7.11 Å². The van der Waals surface area contributed by atoms with Crippen LogP contribution in [-0.4, -0.2) is 34.0 Å². The third-order valence-electron chi connectivity index (χ3n) is 5.47. The van der Waals surface area contributed by atoms with Crippen LogP contribution in [0.1, 0.15) is 27.0 Å². The molecule has 1 heterocycles. The number of methoxy groups -OCH3 is 1. The number of non-ortho nitro benzene ring substituents is 1. The normalized spacial score (nSPS) is 14.3. The van der Waals surface area contributed by atoms with Crippen LogP contribution in [0.5, 0.6) is 11.5 Å². The van der Waals surface area contributed by atoms with Gasteiger partial charge in [-0.2, -0.15) is 0 Å². The number of nitro benzene ring substituents is 1. The highest BCUT2D eigenvalue weighted by Gasteiger charge is 2.35. The largest absolute Gasteiger partial charge is 0.493 e. The smallest absolute Gasteiger partial charge is 0.343 e. The van der Waals surface area contributed by atoms with E-state index in [1.807, 2.05) is 31.2 Å². The fraction of sp³-hybridized carbons (Fsp3) is 0.115. The Morgan fingerprint density at radius 3 is 2.44 bits per heavy atom. The first-order chi connectivity index (χ1) is 17.3. The summed E-state index contributed by atoms with van der Waals surface area (Å²) in [5, 5.41) is 10.4. The number of imide groups is 1. The van der Waals surface area contributed by atoms with Crippen molar-refractivity contribution < 1.29 is 28.8 Å². The van der Waals surface area contributed by atoms with Gasteiger partial charge in [0.1, 0.15) is 0 Å². The van der Waals surface area contributed by atoms with Crippen LogP contribution in [-0.2, 0) is 11.3 Å². The topological polar surface area (TPSA) is 116 Å². The highest BCUT2D eigenvalue weighted by Crippen LogP contribution is 2.35. The van der Waals surface area contributed by atoms with Crippen LogP contribution < -0.4 is 9.47 Å². The summed E-state index contributed by atoms with van der Waals surface area (Å²) < 4.78 is 10.7. The summed E-state index contributed by atoms with van der Waals surface area (Å²) in [7, 11) is 1.40. The van der Waals surface area contributed by atoms with Gasteiger partial charge in [0.2, 0.25) is 0 Å². The molecule has 0 aliphatic carbocycles. The number of rotatable bonds is 7. The van der Waals surface area contributed by atoms with E-state index in [9.17, 15) is 24.5 Å². The Labute approximate surface area is 210 Å². The van der Waals surface area contributed by atoms with Crippen molar-refractivity contribution in [2.24, 2.45) is 0 Å². The van der Waals surface area contributed by atoms with Crippen molar-refractivity contribution >= 4 is 40.6 Å². The fourth-order valence-electron chi connectivity index (χ4n) is 3.48. The minimum atomic E-state index is -0.715. The molecule has 0 atom stereocenters. The molecule has 9 nitrogen and oxygen atoms in total. The molecule has 4 rings (SSSR count). The SMILES string of the molecule is COc1cc(/C=C2\SC(=O)N(Cc3ccccc3C)C2=O)ccc1OC(=O)c1ccc([N+](=O)[O-])cc1. The first kappa shape index (κ1) is 24.7. The molecule has 0 bridgehead atoms. The molecule has 3 aromatic carbocycles. The lowest BCUT2D eigenvalue weighted by molar-refractivity contribution is -0.384. The average Bonchev–Trinajstić information content (AvgIpc) is 3.13. The van der Waals surface area contributed by atoms with E-state index in [2.05, 4.69) is 0 Å². The number of nitro groups is 1. The van der Waals surface area contributed by atoms with Gasteiger partial charge in [-0.05, 0) is 65.7 Å². The zero-order chi connectivity index (χ0) is 25.8. The van der Waals surface area contributed by atoms with Crippen LogP contribution in [0.25, 0.3) is 6.08 Å². The number of thioether (sulfide) groups is 1. The van der Waals surface area contributed by atoms with Crippen molar-refractivity contribution in [2.45, 2.75) is 13.5 Å². The van der Waals surface area contributed by atoms with Gasteiger partial charge in [-0.1, -0.05) is 30.3 Å². The standard InChI is InChI=1S/C26H20N2O7S/c1-16-5-3-4-6-19(16)15-27-24(29)23(36-26(27)31)14-17-7-12-21(22(13-17)34-2)35-25(30)18-8-10-20(11-9-18)28(32)33/h3-14H,15H2,1-2H3/b23-14-. The Bertz CT molecular complexity index is 1400. The van der Waals surface area contributed by atoms with E-state index in [0.29, 0.717) is 5.56 Å². The van der Waals surface area contributed by atoms with E-state index in [0.717, 1.165) is 22.9 Å². The number of hydrogen-bond acceptors (Lipinski definition) is 8. The molecular weight excluding hydrogens is 484 g/mol. The van der Waals surface area contributed by atoms with Gasteiger partial charge < -0.3 is 9.47 Å². The van der Waals surface area contributed by atoms with Crippen molar-refractivity contribution in [3.63, 3.8) is 0 Å². The molecule has 0 unspecified atom stereocenters. The van der Waals surface area contributed by atoms with Crippen LogP contribution >= 0.6 is 11.8 Å². The Morgan fingerprint density at radius 2 is 1.78 bits per heavy atom. The van der Waals surface area contributed by atoms with E-state index >= 15 is 0 Å². The Balaban J connectivity index is 1.50. The van der Waals surface area contributed by atoms with Crippen molar-refractivity contribution in [1.82, 2.24) is 4.90 Å². The number of nitrogens with zero attached hydrogens (tertiary/aromatic N) is 2. The van der Waals surface area contributed by atoms with E-state index < -0.39 is 10.9 Å². The maximum atomic E-state index is 12.9. The van der Waals surface area contributed by atoms with Gasteiger partial charge in [0.15, 0.2) is 11.5 Å². The van der Waals surface area contributed by atoms with Gasteiger partial charge in [-0.25, -0.2) is 4.79 Å². The lowest BCUT2D eigenvalue weighted by Gasteiger charge is -2.14. The predicted molar refractivity (Wildman–Crippen MR) is 134 cm³/mol. The molecule has 36 heavy (non-hydrogen) atoms. The molecule has 10 heteroatoms. The Kier molecular flexibility index (Phi) is 7.16. The molecule has 0 spiro atoms. The highest BCUT2D eigenvalue weighted by molar-refractivity contribution is 8.18. The molecule has 0 aromatic heterocycles. The summed E-state index contributed by atoms with van der Waals surface area (Å²) >= 11 is 0.855. The molecular formula is C26H20N2O7S. The second-order valence-corrected chi connectivity index (χ2v) is 8.79. The molecule has 1 saturated heterocycles. The van der Waals surface area contributed by atoms with Gasteiger partial charge >= 0.3 is 5.97 Å². The number of hydrogen-bond donors (Lipinski definition) is 0. The molecule has 0 N–H and O–H groups in total. The second-order valence-electron chi connectivity index (χ2n) is 7.80. The number of amides is 2. The third-order valence-corrected chi connectivity index (χ3v) is 6.37. The van der Waals surface area contributed by atoms with E-state index in [-0.39, 0.29) is 45.3 Å². The Hall–Kier alpha value is -4.44. The average molecular weight is 505 g/mol. The summed E-state index contributed by atoms with van der Waals surface area (Å²) in [5.74, 6) is -0.738. The molecule has 1 fully saturated rings. The fourth-order valence-corrected chi connectivity index (χ4v) is 4.32. The quantitative estimate of drug-likeness (QED) is 0.139. The number of ether oxygens (including phenoxy) is 2. The van der Waals surface area contributed by atoms with Crippen LogP contribution in [0.4, 0.5) is 10.5 Å². The molecule has 2 amide bonds. The minimum Gasteiger partial charge on any atom is -0.493 e. The van der Waals surface area contributed by atoms with Gasteiger partial charge in [0.05, 0.1) is 29.0 Å². The maximum Gasteiger partial charge on any atom is 0.343 e. The predicted octanol–water partition coefficient (Wildman–Crippen LogP) is 5.37. The van der Waals surface area contributed by atoms with Crippen LogP contribution in [0.15, 0.2) is 71.6 Å². The second kappa shape index (κ2) is 10.4. The lowest BCUT2D eigenvalue weighted by atomic mass is 10.1.